The zero-order valence-corrected chi connectivity index (χ0v) is 9.33. The summed E-state index contributed by atoms with van der Waals surface area (Å²) in [5.74, 6) is 0. The van der Waals surface area contributed by atoms with Crippen molar-refractivity contribution in [3.05, 3.63) is 10.8 Å². The van der Waals surface area contributed by atoms with Gasteiger partial charge in [-0.2, -0.15) is 0 Å². The molecule has 0 aromatic rings. The Kier molecular flexibility index (Phi) is 18.9. The summed E-state index contributed by atoms with van der Waals surface area (Å²) in [5, 5.41) is 13.5. The van der Waals surface area contributed by atoms with Crippen LogP contribution in [0.2, 0.25) is 0 Å². The van der Waals surface area contributed by atoms with Crippen LogP contribution in [0.3, 0.4) is 0 Å². The van der Waals surface area contributed by atoms with Crippen LogP contribution in [-0.2, 0) is 9.59 Å². The summed E-state index contributed by atoms with van der Waals surface area (Å²) in [4.78, 5) is 16.5. The molecule has 0 saturated heterocycles. The van der Waals surface area contributed by atoms with Crippen LogP contribution in [0.4, 0.5) is 0 Å². The second-order valence-corrected chi connectivity index (χ2v) is 3.85. The van der Waals surface area contributed by atoms with Crippen molar-refractivity contribution in [3.63, 3.8) is 0 Å². The van der Waals surface area contributed by atoms with Crippen LogP contribution in [0.25, 0.3) is 10.8 Å². The fraction of sp³-hybridized carbons (Fsp3) is 0.800. The van der Waals surface area contributed by atoms with E-state index >= 15 is 0 Å². The molecule has 0 fully saturated rings. The van der Waals surface area contributed by atoms with Gasteiger partial charge >= 0.3 is 0 Å². The molecule has 0 aliphatic rings. The molecular formula is C10H18N2O2-2. The third kappa shape index (κ3) is 72.5. The van der Waals surface area contributed by atoms with Crippen molar-refractivity contribution in [2.45, 2.75) is 47.0 Å². The highest BCUT2D eigenvalue weighted by Gasteiger charge is 2.07. The maximum Gasteiger partial charge on any atom is -0.0159 e. The third-order valence-electron chi connectivity index (χ3n) is 1.28. The van der Waals surface area contributed by atoms with Crippen LogP contribution in [-0.4, -0.2) is 12.2 Å². The topological polar surface area (TPSA) is 78.7 Å². The lowest BCUT2D eigenvalue weighted by atomic mass is 9.90. The maximum atomic E-state index is 8.24. The van der Waals surface area contributed by atoms with E-state index in [2.05, 4.69) is 27.7 Å². The standard InChI is InChI=1S/C8H18.2CNO/c1-5-6-7-8(2,3)4;2*2-1-3/h5-7H2,1-4H3;;/q;2*-1. The zero-order valence-electron chi connectivity index (χ0n) is 9.33. The Labute approximate surface area is 85.7 Å². The van der Waals surface area contributed by atoms with Crippen molar-refractivity contribution in [3.8, 4) is 0 Å². The zero-order chi connectivity index (χ0) is 12.0. The first-order chi connectivity index (χ1) is 6.39. The quantitative estimate of drug-likeness (QED) is 0.505. The lowest BCUT2D eigenvalue weighted by Gasteiger charge is -2.16. The Balaban J connectivity index is -0.000000168. The largest absolute Gasteiger partial charge is 0.724 e. The van der Waals surface area contributed by atoms with Gasteiger partial charge < -0.3 is 10.8 Å². The van der Waals surface area contributed by atoms with E-state index in [1.54, 1.807) is 0 Å². The van der Waals surface area contributed by atoms with Crippen molar-refractivity contribution in [2.75, 3.05) is 0 Å². The third-order valence-corrected chi connectivity index (χ3v) is 1.28. The molecule has 82 valence electrons. The van der Waals surface area contributed by atoms with Crippen LogP contribution in [0.5, 0.6) is 0 Å². The van der Waals surface area contributed by atoms with Gasteiger partial charge in [0.05, 0.1) is 0 Å². The molecule has 0 amide bonds. The summed E-state index contributed by atoms with van der Waals surface area (Å²) < 4.78 is 0. The highest BCUT2D eigenvalue weighted by Crippen LogP contribution is 2.20. The van der Waals surface area contributed by atoms with Crippen LogP contribution in [0.15, 0.2) is 0 Å². The van der Waals surface area contributed by atoms with Gasteiger partial charge in [0.1, 0.15) is 0 Å². The van der Waals surface area contributed by atoms with Crippen LogP contribution < -0.4 is 0 Å². The fourth-order valence-electron chi connectivity index (χ4n) is 0.707. The Morgan fingerprint density at radius 3 is 1.43 bits per heavy atom. The van der Waals surface area contributed by atoms with E-state index in [4.69, 9.17) is 20.4 Å². The van der Waals surface area contributed by atoms with Gasteiger partial charge in [0.15, 0.2) is 0 Å². The predicted molar refractivity (Wildman–Crippen MR) is 57.1 cm³/mol. The number of isocyanates is 2. The minimum atomic E-state index is 0.500. The Morgan fingerprint density at radius 1 is 1.07 bits per heavy atom. The predicted octanol–water partition coefficient (Wildman–Crippen LogP) is 3.01. The molecule has 0 atom stereocenters. The minimum Gasteiger partial charge on any atom is -0.724 e. The molecule has 4 nitrogen and oxygen atoms in total. The van der Waals surface area contributed by atoms with E-state index in [1.807, 2.05) is 0 Å². The van der Waals surface area contributed by atoms with Crippen molar-refractivity contribution in [1.29, 1.82) is 0 Å². The number of nitrogens with zero attached hydrogens (tertiary/aromatic N) is 2. The smallest absolute Gasteiger partial charge is 0.0159 e. The number of unbranched alkanes of at least 4 members (excludes halogenated alkanes) is 1. The molecule has 0 rings (SSSR count). The van der Waals surface area contributed by atoms with Crippen molar-refractivity contribution >= 4 is 12.2 Å². The van der Waals surface area contributed by atoms with E-state index in [9.17, 15) is 0 Å². The Hall–Kier alpha value is -1.24. The molecule has 0 aromatic heterocycles. The number of rotatable bonds is 2. The van der Waals surface area contributed by atoms with Crippen molar-refractivity contribution in [2.24, 2.45) is 5.41 Å². The van der Waals surface area contributed by atoms with Crippen LogP contribution in [0, 0.1) is 5.41 Å². The van der Waals surface area contributed by atoms with E-state index in [0.29, 0.717) is 17.6 Å². The molecule has 0 aliphatic carbocycles. The molecule has 0 aliphatic heterocycles. The summed E-state index contributed by atoms with van der Waals surface area (Å²) in [6, 6.07) is 0. The molecule has 0 saturated carbocycles. The van der Waals surface area contributed by atoms with Crippen LogP contribution in [0.1, 0.15) is 47.0 Å². The molecular weight excluding hydrogens is 180 g/mol. The first-order valence-electron chi connectivity index (χ1n) is 4.42. The van der Waals surface area contributed by atoms with Crippen LogP contribution >= 0.6 is 0 Å². The second-order valence-electron chi connectivity index (χ2n) is 3.85. The van der Waals surface area contributed by atoms with E-state index in [0.717, 1.165) is 0 Å². The molecule has 0 heterocycles. The molecule has 0 N–H and O–H groups in total. The highest BCUT2D eigenvalue weighted by atomic mass is 16.1. The summed E-state index contributed by atoms with van der Waals surface area (Å²) in [7, 11) is 0. The Morgan fingerprint density at radius 2 is 1.36 bits per heavy atom. The van der Waals surface area contributed by atoms with Gasteiger partial charge in [-0.3, -0.25) is 9.59 Å². The van der Waals surface area contributed by atoms with Gasteiger partial charge in [-0.25, -0.2) is 0 Å². The van der Waals surface area contributed by atoms with Gasteiger partial charge in [-0.1, -0.05) is 40.5 Å². The molecule has 4 heteroatoms. The number of hydrogen-bond acceptors (Lipinski definition) is 2. The maximum absolute atomic E-state index is 8.24. The lowest BCUT2D eigenvalue weighted by Crippen LogP contribution is -2.03. The fourth-order valence-corrected chi connectivity index (χ4v) is 0.707. The number of carbonyl (C=O) groups excluding carboxylic acids is 2. The monoisotopic (exact) mass is 198 g/mol. The van der Waals surface area contributed by atoms with Crippen molar-refractivity contribution < 1.29 is 9.59 Å². The normalized spacial score (nSPS) is 8.00. The van der Waals surface area contributed by atoms with E-state index in [-0.39, 0.29) is 0 Å². The molecule has 0 unspecified atom stereocenters. The van der Waals surface area contributed by atoms with Gasteiger partial charge in [-0.05, 0) is 24.0 Å². The first kappa shape index (κ1) is 18.5. The molecule has 0 bridgehead atoms. The summed E-state index contributed by atoms with van der Waals surface area (Å²) in [5.41, 5.74) is 0.552. The van der Waals surface area contributed by atoms with E-state index < -0.39 is 0 Å². The minimum absolute atomic E-state index is 0.500. The Bertz CT molecular complexity index is 159. The van der Waals surface area contributed by atoms with E-state index in [1.165, 1.54) is 19.3 Å². The lowest BCUT2D eigenvalue weighted by molar-refractivity contribution is 0.363. The second kappa shape index (κ2) is 14.3. The highest BCUT2D eigenvalue weighted by molar-refractivity contribution is 5.37. The molecule has 14 heavy (non-hydrogen) atoms. The number of hydrogen-bond donors (Lipinski definition) is 0. The van der Waals surface area contributed by atoms with Gasteiger partial charge in [0, 0.05) is 0 Å². The average Bonchev–Trinajstić information content (AvgIpc) is 2.02. The van der Waals surface area contributed by atoms with Gasteiger partial charge in [0.2, 0.25) is 0 Å². The molecule has 0 aromatic carbocycles. The van der Waals surface area contributed by atoms with Gasteiger partial charge in [-0.15, -0.1) is 0 Å². The summed E-state index contributed by atoms with van der Waals surface area (Å²) in [6.45, 7) is 9.12. The summed E-state index contributed by atoms with van der Waals surface area (Å²) in [6.07, 6.45) is 5.07. The summed E-state index contributed by atoms with van der Waals surface area (Å²) >= 11 is 0. The average molecular weight is 198 g/mol. The molecule has 0 radical (unpaired) electrons. The first-order valence-corrected chi connectivity index (χ1v) is 4.42. The van der Waals surface area contributed by atoms with Crippen molar-refractivity contribution in [1.82, 2.24) is 0 Å². The van der Waals surface area contributed by atoms with Gasteiger partial charge in [0.25, 0.3) is 0 Å². The molecule has 0 spiro atoms. The SMILES string of the molecule is CCCCC(C)(C)C.[N-]=C=O.[N-]=C=O.